The smallest absolute Gasteiger partial charge is 0.338 e. The molecule has 3 aromatic carbocycles. The van der Waals surface area contributed by atoms with Crippen molar-refractivity contribution in [1.82, 2.24) is 4.57 Å². The second-order valence-electron chi connectivity index (χ2n) is 9.75. The minimum atomic E-state index is -0.795. The molecular weight excluding hydrogens is 771 g/mol. The molecule has 0 bridgehead atoms. The van der Waals surface area contributed by atoms with Crippen molar-refractivity contribution in [3.05, 3.63) is 115 Å². The van der Waals surface area contributed by atoms with E-state index < -0.39 is 12.0 Å². The van der Waals surface area contributed by atoms with Crippen LogP contribution in [-0.2, 0) is 16.1 Å². The van der Waals surface area contributed by atoms with Gasteiger partial charge >= 0.3 is 5.97 Å². The third-order valence-electron chi connectivity index (χ3n) is 6.95. The van der Waals surface area contributed by atoms with Gasteiger partial charge in [-0.15, -0.1) is 0 Å². The topological polar surface area (TPSA) is 88.4 Å². The number of rotatable bonds is 9. The third kappa shape index (κ3) is 6.88. The number of fused-ring (bicyclic) bond motifs is 1. The van der Waals surface area contributed by atoms with Gasteiger partial charge in [0, 0.05) is 15.6 Å². The molecule has 1 atom stereocenters. The van der Waals surface area contributed by atoms with Crippen LogP contribution in [0.2, 0.25) is 10.0 Å². The lowest BCUT2D eigenvalue weighted by Gasteiger charge is -2.25. The van der Waals surface area contributed by atoms with Crippen LogP contribution in [0.3, 0.4) is 0 Å². The van der Waals surface area contributed by atoms with E-state index in [0.29, 0.717) is 56.8 Å². The molecule has 1 aromatic heterocycles. The lowest BCUT2D eigenvalue weighted by molar-refractivity contribution is -0.139. The van der Waals surface area contributed by atoms with E-state index in [-0.39, 0.29) is 24.3 Å². The third-order valence-corrected chi connectivity index (χ3v) is 9.69. The molecule has 234 valence electrons. The van der Waals surface area contributed by atoms with Crippen LogP contribution < -0.4 is 29.1 Å². The van der Waals surface area contributed by atoms with Crippen LogP contribution >= 0.6 is 66.4 Å². The summed E-state index contributed by atoms with van der Waals surface area (Å²) in [6.07, 6.45) is 1.77. The molecule has 0 amide bonds. The van der Waals surface area contributed by atoms with Crippen molar-refractivity contribution < 1.29 is 23.7 Å². The van der Waals surface area contributed by atoms with Gasteiger partial charge in [-0.25, -0.2) is 9.79 Å². The number of halogens is 4. The van der Waals surface area contributed by atoms with Crippen LogP contribution in [0.5, 0.6) is 17.2 Å². The second kappa shape index (κ2) is 14.1. The molecule has 45 heavy (non-hydrogen) atoms. The largest absolute Gasteiger partial charge is 0.493 e. The highest BCUT2D eigenvalue weighted by molar-refractivity contribution is 9.11. The summed E-state index contributed by atoms with van der Waals surface area (Å²) in [6.45, 7) is 3.87. The molecule has 13 heteroatoms. The molecule has 0 radical (unpaired) electrons. The van der Waals surface area contributed by atoms with Crippen molar-refractivity contribution >= 4 is 78.4 Å². The fraction of sp³-hybridized carbons (Fsp3) is 0.219. The molecule has 0 saturated carbocycles. The molecule has 4 aromatic rings. The molecular formula is C32H26Br2Cl2N2O6S. The van der Waals surface area contributed by atoms with Crippen molar-refractivity contribution in [3.8, 4) is 17.2 Å². The first-order chi connectivity index (χ1) is 21.6. The first-order valence-corrected chi connectivity index (χ1v) is 16.7. The van der Waals surface area contributed by atoms with E-state index in [0.717, 1.165) is 11.1 Å². The Hall–Kier alpha value is -3.09. The van der Waals surface area contributed by atoms with Crippen LogP contribution in [0.25, 0.3) is 6.08 Å². The Morgan fingerprint density at radius 3 is 2.40 bits per heavy atom. The van der Waals surface area contributed by atoms with Crippen LogP contribution in [0.1, 0.15) is 36.6 Å². The summed E-state index contributed by atoms with van der Waals surface area (Å²) in [7, 11) is 3.07. The number of carbonyl (C=O) groups is 1. The maximum atomic E-state index is 14.0. The average Bonchev–Trinajstić information content (AvgIpc) is 3.30. The predicted molar refractivity (Wildman–Crippen MR) is 183 cm³/mol. The SMILES string of the molecule is CCOC(=O)C1=C(C)N=c2s/c(=C\c3cc(Br)c(OCc4ccc(Cl)cc4Cl)c(Br)c3)c(=O)n2[C@H]1c1ccc(OC)c(OC)c1. The minimum absolute atomic E-state index is 0.175. The van der Waals surface area contributed by atoms with Crippen molar-refractivity contribution in [3.63, 3.8) is 0 Å². The summed E-state index contributed by atoms with van der Waals surface area (Å²) >= 11 is 20.7. The van der Waals surface area contributed by atoms with Gasteiger partial charge in [0.1, 0.15) is 12.4 Å². The Morgan fingerprint density at radius 2 is 1.76 bits per heavy atom. The maximum absolute atomic E-state index is 14.0. The molecule has 8 nitrogen and oxygen atoms in total. The Bertz CT molecular complexity index is 2000. The fourth-order valence-corrected chi connectivity index (χ4v) is 7.83. The highest BCUT2D eigenvalue weighted by atomic mass is 79.9. The zero-order chi connectivity index (χ0) is 32.4. The van der Waals surface area contributed by atoms with Crippen molar-refractivity contribution in [2.24, 2.45) is 4.99 Å². The lowest BCUT2D eigenvalue weighted by Crippen LogP contribution is -2.40. The summed E-state index contributed by atoms with van der Waals surface area (Å²) in [6, 6.07) is 13.4. The van der Waals surface area contributed by atoms with Gasteiger partial charge in [0.25, 0.3) is 5.56 Å². The summed E-state index contributed by atoms with van der Waals surface area (Å²) in [5.74, 6) is 1.01. The van der Waals surface area contributed by atoms with Gasteiger partial charge in [-0.1, -0.05) is 46.7 Å². The summed E-state index contributed by atoms with van der Waals surface area (Å²) in [5, 5.41) is 1.05. The molecule has 0 unspecified atom stereocenters. The Labute approximate surface area is 289 Å². The number of benzene rings is 3. The number of allylic oxidation sites excluding steroid dienone is 1. The molecule has 0 N–H and O–H groups in total. The van der Waals surface area contributed by atoms with E-state index in [2.05, 4.69) is 36.9 Å². The van der Waals surface area contributed by atoms with Crippen LogP contribution in [-0.4, -0.2) is 31.4 Å². The number of hydrogen-bond acceptors (Lipinski definition) is 8. The quantitative estimate of drug-likeness (QED) is 0.166. The van der Waals surface area contributed by atoms with Crippen molar-refractivity contribution in [1.29, 1.82) is 0 Å². The molecule has 5 rings (SSSR count). The summed E-state index contributed by atoms with van der Waals surface area (Å²) in [5.41, 5.74) is 2.60. The van der Waals surface area contributed by atoms with Crippen LogP contribution in [0.4, 0.5) is 0 Å². The van der Waals surface area contributed by atoms with Crippen LogP contribution in [0.15, 0.2) is 78.5 Å². The Morgan fingerprint density at radius 1 is 1.04 bits per heavy atom. The number of methoxy groups -OCH3 is 2. The van der Waals surface area contributed by atoms with Crippen molar-refractivity contribution in [2.75, 3.05) is 20.8 Å². The average molecular weight is 797 g/mol. The van der Waals surface area contributed by atoms with Gasteiger partial charge in [-0.3, -0.25) is 9.36 Å². The monoisotopic (exact) mass is 794 g/mol. The fourth-order valence-electron chi connectivity index (χ4n) is 4.87. The van der Waals surface area contributed by atoms with Gasteiger partial charge < -0.3 is 18.9 Å². The predicted octanol–water partition coefficient (Wildman–Crippen LogP) is 7.23. The number of ether oxygens (including phenoxy) is 4. The molecule has 2 heterocycles. The van der Waals surface area contributed by atoms with Gasteiger partial charge in [0.05, 0.1) is 51.6 Å². The van der Waals surface area contributed by atoms with Gasteiger partial charge in [0.2, 0.25) is 0 Å². The molecule has 1 aliphatic rings. The number of aromatic nitrogens is 1. The van der Waals surface area contributed by atoms with Gasteiger partial charge in [0.15, 0.2) is 16.3 Å². The zero-order valence-corrected chi connectivity index (χ0v) is 30.0. The minimum Gasteiger partial charge on any atom is -0.493 e. The van der Waals surface area contributed by atoms with E-state index in [1.807, 2.05) is 18.2 Å². The summed E-state index contributed by atoms with van der Waals surface area (Å²) < 4.78 is 25.7. The highest BCUT2D eigenvalue weighted by Crippen LogP contribution is 2.37. The van der Waals surface area contributed by atoms with E-state index in [1.54, 1.807) is 57.4 Å². The first kappa shape index (κ1) is 33.3. The summed E-state index contributed by atoms with van der Waals surface area (Å²) in [4.78, 5) is 32.4. The lowest BCUT2D eigenvalue weighted by atomic mass is 9.95. The van der Waals surface area contributed by atoms with E-state index in [1.165, 1.54) is 23.0 Å². The normalized spacial score (nSPS) is 14.6. The molecule has 0 spiro atoms. The number of nitrogens with zero attached hydrogens (tertiary/aromatic N) is 2. The standard InChI is InChI=1S/C32H26Br2Cl2N2O6S/c1-5-43-31(40)27-16(2)37-32-38(28(27)18-7-9-24(41-3)25(13-18)42-4)30(39)26(45-32)12-17-10-21(33)29(22(34)11-17)44-15-19-6-8-20(35)14-23(19)36/h6-14,28H,5,15H2,1-4H3/b26-12-/t28-/m0/s1. The molecule has 1 aliphatic heterocycles. The maximum Gasteiger partial charge on any atom is 0.338 e. The Kier molecular flexibility index (Phi) is 10.4. The van der Waals surface area contributed by atoms with Gasteiger partial charge in [-0.2, -0.15) is 0 Å². The van der Waals surface area contributed by atoms with E-state index in [4.69, 9.17) is 42.1 Å². The van der Waals surface area contributed by atoms with Crippen LogP contribution in [0, 0.1) is 0 Å². The van der Waals surface area contributed by atoms with Gasteiger partial charge in [-0.05, 0) is 99.3 Å². The highest BCUT2D eigenvalue weighted by Gasteiger charge is 2.34. The number of thiazole rings is 1. The second-order valence-corrected chi connectivity index (χ2v) is 13.3. The Balaban J connectivity index is 1.57. The molecule has 0 fully saturated rings. The zero-order valence-electron chi connectivity index (χ0n) is 24.5. The molecule has 0 saturated heterocycles. The number of esters is 1. The number of carbonyl (C=O) groups excluding carboxylic acids is 1. The van der Waals surface area contributed by atoms with E-state index >= 15 is 0 Å². The number of hydrogen-bond donors (Lipinski definition) is 0. The first-order valence-electron chi connectivity index (χ1n) is 13.5. The molecule has 0 aliphatic carbocycles. The van der Waals surface area contributed by atoms with Crippen molar-refractivity contribution in [2.45, 2.75) is 26.5 Å². The van der Waals surface area contributed by atoms with E-state index in [9.17, 15) is 9.59 Å².